The fourth-order valence-electron chi connectivity index (χ4n) is 3.63. The van der Waals surface area contributed by atoms with Crippen molar-refractivity contribution < 1.29 is 28.4 Å². The van der Waals surface area contributed by atoms with Crippen molar-refractivity contribution in [1.82, 2.24) is 15.0 Å². The SMILES string of the molecule is C(CCC1CO1)COc1nc(OCCCCC2CO2)nc(OCCCC2C3O[C@@H]23)n1. The van der Waals surface area contributed by atoms with Crippen LogP contribution < -0.4 is 14.2 Å². The third-order valence-corrected chi connectivity index (χ3v) is 5.86. The molecule has 1 aromatic heterocycles. The molecule has 5 rings (SSSR count). The van der Waals surface area contributed by atoms with Gasteiger partial charge in [0.25, 0.3) is 0 Å². The summed E-state index contributed by atoms with van der Waals surface area (Å²) in [7, 11) is 0. The summed E-state index contributed by atoms with van der Waals surface area (Å²) in [5.74, 6) is 0.742. The van der Waals surface area contributed by atoms with Gasteiger partial charge in [-0.1, -0.05) is 0 Å². The molecule has 0 N–H and O–H groups in total. The Morgan fingerprint density at radius 2 is 1.10 bits per heavy atom. The van der Waals surface area contributed by atoms with E-state index in [0.29, 0.717) is 44.2 Å². The summed E-state index contributed by atoms with van der Waals surface area (Å²) in [5, 5.41) is 0. The molecule has 9 heteroatoms. The van der Waals surface area contributed by atoms with Crippen molar-refractivity contribution in [3.63, 3.8) is 0 Å². The zero-order valence-corrected chi connectivity index (χ0v) is 17.4. The molecular weight excluding hydrogens is 390 g/mol. The monoisotopic (exact) mass is 421 g/mol. The number of nitrogens with zero attached hydrogens (tertiary/aromatic N) is 3. The molecular formula is C21H31N3O6. The average Bonchev–Trinajstić information content (AvgIpc) is 3.58. The molecule has 30 heavy (non-hydrogen) atoms. The normalized spacial score (nSPS) is 29.8. The van der Waals surface area contributed by atoms with Crippen molar-refractivity contribution in [3.05, 3.63) is 0 Å². The highest BCUT2D eigenvalue weighted by Crippen LogP contribution is 2.55. The molecule has 0 bridgehead atoms. The second-order valence-corrected chi connectivity index (χ2v) is 8.50. The van der Waals surface area contributed by atoms with Gasteiger partial charge in [0.05, 0.1) is 57.5 Å². The maximum atomic E-state index is 5.75. The molecule has 4 heterocycles. The Balaban J connectivity index is 1.05. The Kier molecular flexibility index (Phi) is 6.48. The van der Waals surface area contributed by atoms with Gasteiger partial charge in [-0.25, -0.2) is 0 Å². The van der Waals surface area contributed by atoms with Crippen LogP contribution in [-0.4, -0.2) is 72.4 Å². The van der Waals surface area contributed by atoms with Crippen LogP contribution in [0, 0.1) is 5.92 Å². The van der Waals surface area contributed by atoms with Gasteiger partial charge in [0.2, 0.25) is 0 Å². The summed E-state index contributed by atoms with van der Waals surface area (Å²) in [4.78, 5) is 12.9. The molecule has 5 atom stereocenters. The highest BCUT2D eigenvalue weighted by Gasteiger charge is 2.66. The first-order valence-electron chi connectivity index (χ1n) is 11.4. The maximum absolute atomic E-state index is 5.75. The number of unbranched alkanes of at least 4 members (excludes halogenated alkanes) is 2. The van der Waals surface area contributed by atoms with Crippen molar-refractivity contribution in [2.75, 3.05) is 33.0 Å². The van der Waals surface area contributed by atoms with Crippen LogP contribution in [0.4, 0.5) is 0 Å². The zero-order chi connectivity index (χ0) is 20.2. The summed E-state index contributed by atoms with van der Waals surface area (Å²) in [6, 6.07) is 0.798. The van der Waals surface area contributed by atoms with Gasteiger partial charge in [-0.2, -0.15) is 0 Å². The van der Waals surface area contributed by atoms with Crippen LogP contribution in [0.15, 0.2) is 0 Å². The van der Waals surface area contributed by atoms with Gasteiger partial charge in [0.15, 0.2) is 0 Å². The van der Waals surface area contributed by atoms with E-state index in [1.165, 1.54) is 0 Å². The topological polar surface area (TPSA) is 104 Å². The molecule has 0 amide bonds. The lowest BCUT2D eigenvalue weighted by molar-refractivity contribution is 0.197. The van der Waals surface area contributed by atoms with E-state index in [1.54, 1.807) is 0 Å². The highest BCUT2D eigenvalue weighted by atomic mass is 16.6. The average molecular weight is 421 g/mol. The maximum Gasteiger partial charge on any atom is 0.325 e. The zero-order valence-electron chi connectivity index (χ0n) is 17.4. The van der Waals surface area contributed by atoms with Crippen LogP contribution in [0.25, 0.3) is 0 Å². The number of hydrogen-bond donors (Lipinski definition) is 0. The Morgan fingerprint density at radius 1 is 0.633 bits per heavy atom. The lowest BCUT2D eigenvalue weighted by Gasteiger charge is -2.10. The van der Waals surface area contributed by atoms with Crippen LogP contribution in [0.3, 0.4) is 0 Å². The summed E-state index contributed by atoms with van der Waals surface area (Å²) in [6.07, 6.45) is 10.3. The second kappa shape index (κ2) is 9.62. The van der Waals surface area contributed by atoms with Crippen LogP contribution in [0.1, 0.15) is 51.4 Å². The van der Waals surface area contributed by atoms with Crippen molar-refractivity contribution >= 4 is 0 Å². The van der Waals surface area contributed by atoms with Gasteiger partial charge in [-0.15, -0.1) is 15.0 Å². The van der Waals surface area contributed by atoms with Crippen LogP contribution in [0.2, 0.25) is 0 Å². The minimum atomic E-state index is 0.265. The predicted octanol–water partition coefficient (Wildman–Crippen LogP) is 2.32. The standard InChI is InChI=1S/C21H31N3O6/c1(6-14-12-28-14)3-9-25-19-22-20(26-10-4-2-7-15-13-29-15)24-21(23-19)27-11-5-8-16-17-18(16)30-17/h14-18H,1-13H2/t14?,15?,16?,17-,18?/m0/s1. The van der Waals surface area contributed by atoms with Gasteiger partial charge < -0.3 is 28.4 Å². The molecule has 1 saturated carbocycles. The van der Waals surface area contributed by atoms with E-state index in [-0.39, 0.29) is 18.0 Å². The van der Waals surface area contributed by atoms with Crippen LogP contribution in [-0.2, 0) is 14.2 Å². The molecule has 4 aliphatic rings. The Bertz CT molecular complexity index is 651. The number of ether oxygens (including phenoxy) is 6. The van der Waals surface area contributed by atoms with Gasteiger partial charge in [-0.05, 0) is 51.4 Å². The minimum Gasteiger partial charge on any atom is -0.463 e. The molecule has 4 fully saturated rings. The molecule has 4 unspecified atom stereocenters. The number of rotatable bonds is 17. The first-order chi connectivity index (χ1) is 14.8. The number of hydrogen-bond acceptors (Lipinski definition) is 9. The number of epoxide rings is 3. The Hall–Kier alpha value is -1.71. The van der Waals surface area contributed by atoms with Crippen LogP contribution >= 0.6 is 0 Å². The fraction of sp³-hybridized carbons (Fsp3) is 0.857. The third kappa shape index (κ3) is 6.39. The lowest BCUT2D eigenvalue weighted by atomic mass is 10.2. The Labute approximate surface area is 176 Å². The highest BCUT2D eigenvalue weighted by molar-refractivity contribution is 5.13. The van der Waals surface area contributed by atoms with E-state index in [4.69, 9.17) is 28.4 Å². The fourth-order valence-corrected chi connectivity index (χ4v) is 3.63. The van der Waals surface area contributed by atoms with E-state index in [0.717, 1.165) is 70.5 Å². The quantitative estimate of drug-likeness (QED) is 0.277. The molecule has 3 saturated heterocycles. The van der Waals surface area contributed by atoms with Crippen molar-refractivity contribution in [3.8, 4) is 18.0 Å². The van der Waals surface area contributed by atoms with E-state index in [2.05, 4.69) is 15.0 Å². The molecule has 0 aromatic carbocycles. The minimum absolute atomic E-state index is 0.265. The van der Waals surface area contributed by atoms with E-state index >= 15 is 0 Å². The second-order valence-electron chi connectivity index (χ2n) is 8.50. The predicted molar refractivity (Wildman–Crippen MR) is 105 cm³/mol. The summed E-state index contributed by atoms with van der Waals surface area (Å²) in [6.45, 7) is 3.49. The molecule has 1 aromatic rings. The van der Waals surface area contributed by atoms with E-state index < -0.39 is 0 Å². The largest absolute Gasteiger partial charge is 0.463 e. The van der Waals surface area contributed by atoms with Gasteiger partial charge >= 0.3 is 18.0 Å². The molecule has 0 spiro atoms. The Morgan fingerprint density at radius 3 is 1.50 bits per heavy atom. The van der Waals surface area contributed by atoms with Crippen molar-refractivity contribution in [1.29, 1.82) is 0 Å². The summed E-state index contributed by atoms with van der Waals surface area (Å²) < 4.78 is 33.0. The molecule has 166 valence electrons. The third-order valence-electron chi connectivity index (χ3n) is 5.86. The molecule has 3 aliphatic heterocycles. The summed E-state index contributed by atoms with van der Waals surface area (Å²) in [5.41, 5.74) is 0. The van der Waals surface area contributed by atoms with Crippen molar-refractivity contribution in [2.24, 2.45) is 5.92 Å². The van der Waals surface area contributed by atoms with E-state index in [9.17, 15) is 0 Å². The number of fused-ring (bicyclic) bond motifs is 1. The van der Waals surface area contributed by atoms with Gasteiger partial charge in [0, 0.05) is 5.92 Å². The molecule has 9 nitrogen and oxygen atoms in total. The van der Waals surface area contributed by atoms with Crippen molar-refractivity contribution in [2.45, 2.75) is 75.8 Å². The molecule has 1 aliphatic carbocycles. The lowest BCUT2D eigenvalue weighted by Crippen LogP contribution is -2.10. The van der Waals surface area contributed by atoms with E-state index in [1.807, 2.05) is 0 Å². The number of aromatic nitrogens is 3. The van der Waals surface area contributed by atoms with Gasteiger partial charge in [0.1, 0.15) is 0 Å². The smallest absolute Gasteiger partial charge is 0.325 e. The first-order valence-corrected chi connectivity index (χ1v) is 11.4. The first kappa shape index (κ1) is 20.2. The van der Waals surface area contributed by atoms with Crippen LogP contribution in [0.5, 0.6) is 18.0 Å². The summed E-state index contributed by atoms with van der Waals surface area (Å²) >= 11 is 0. The van der Waals surface area contributed by atoms with Gasteiger partial charge in [-0.3, -0.25) is 0 Å². The molecule has 0 radical (unpaired) electrons.